The van der Waals surface area contributed by atoms with Crippen molar-refractivity contribution in [1.82, 2.24) is 14.2 Å². The summed E-state index contributed by atoms with van der Waals surface area (Å²) in [5.74, 6) is 0. The first-order valence-corrected chi connectivity index (χ1v) is 8.16. The molecule has 1 aromatic heterocycles. The minimum atomic E-state index is -3.08. The SMILES string of the molecule is CS(=O)(=O)N1CCN(C(CN)c2cccnc2)CC1. The first-order chi connectivity index (χ1) is 9.02. The molecule has 0 radical (unpaired) electrons. The van der Waals surface area contributed by atoms with E-state index in [-0.39, 0.29) is 6.04 Å². The molecule has 1 aromatic rings. The van der Waals surface area contributed by atoms with Crippen LogP contribution < -0.4 is 5.73 Å². The summed E-state index contributed by atoms with van der Waals surface area (Å²) in [5, 5.41) is 0. The molecular weight excluding hydrogens is 264 g/mol. The van der Waals surface area contributed by atoms with Crippen LogP contribution in [0, 0.1) is 0 Å². The summed E-state index contributed by atoms with van der Waals surface area (Å²) in [6.45, 7) is 2.95. The van der Waals surface area contributed by atoms with Crippen molar-refractivity contribution in [3.05, 3.63) is 30.1 Å². The van der Waals surface area contributed by atoms with Gasteiger partial charge in [0.25, 0.3) is 0 Å². The number of nitrogens with two attached hydrogens (primary N) is 1. The molecule has 0 spiro atoms. The van der Waals surface area contributed by atoms with Crippen molar-refractivity contribution in [1.29, 1.82) is 0 Å². The molecule has 1 fully saturated rings. The first kappa shape index (κ1) is 14.4. The molecular formula is C12H20N4O2S. The van der Waals surface area contributed by atoms with Crippen LogP contribution in [0.15, 0.2) is 24.5 Å². The highest BCUT2D eigenvalue weighted by atomic mass is 32.2. The standard InChI is InChI=1S/C12H20N4O2S/c1-19(17,18)16-7-5-15(6-8-16)12(9-13)11-3-2-4-14-10-11/h2-4,10,12H,5-9,13H2,1H3. The molecule has 2 heterocycles. The minimum absolute atomic E-state index is 0.107. The minimum Gasteiger partial charge on any atom is -0.329 e. The zero-order valence-corrected chi connectivity index (χ0v) is 11.9. The maximum atomic E-state index is 11.5. The molecule has 1 aliphatic rings. The summed E-state index contributed by atoms with van der Waals surface area (Å²) >= 11 is 0. The van der Waals surface area contributed by atoms with Gasteiger partial charge in [-0.15, -0.1) is 0 Å². The second-order valence-corrected chi connectivity index (χ2v) is 6.72. The second kappa shape index (κ2) is 5.96. The Balaban J connectivity index is 2.04. The summed E-state index contributed by atoms with van der Waals surface area (Å²) in [5.41, 5.74) is 6.94. The van der Waals surface area contributed by atoms with E-state index in [2.05, 4.69) is 9.88 Å². The molecule has 2 rings (SSSR count). The summed E-state index contributed by atoms with van der Waals surface area (Å²) in [6, 6.07) is 4.01. The van der Waals surface area contributed by atoms with Gasteiger partial charge in [-0.1, -0.05) is 6.07 Å². The number of pyridine rings is 1. The van der Waals surface area contributed by atoms with Crippen LogP contribution in [0.2, 0.25) is 0 Å². The second-order valence-electron chi connectivity index (χ2n) is 4.74. The number of sulfonamides is 1. The van der Waals surface area contributed by atoms with Crippen LogP contribution in [0.3, 0.4) is 0 Å². The average Bonchev–Trinajstić information content (AvgIpc) is 2.40. The van der Waals surface area contributed by atoms with Gasteiger partial charge in [-0.2, -0.15) is 4.31 Å². The molecule has 1 saturated heterocycles. The highest BCUT2D eigenvalue weighted by Crippen LogP contribution is 2.20. The van der Waals surface area contributed by atoms with Gasteiger partial charge in [0.15, 0.2) is 0 Å². The maximum Gasteiger partial charge on any atom is 0.211 e. The molecule has 1 aliphatic heterocycles. The van der Waals surface area contributed by atoms with E-state index in [4.69, 9.17) is 5.73 Å². The van der Waals surface area contributed by atoms with E-state index >= 15 is 0 Å². The Kier molecular flexibility index (Phi) is 4.51. The van der Waals surface area contributed by atoms with Crippen LogP contribution in [0.1, 0.15) is 11.6 Å². The highest BCUT2D eigenvalue weighted by Gasteiger charge is 2.27. The molecule has 1 unspecified atom stereocenters. The molecule has 0 aromatic carbocycles. The van der Waals surface area contributed by atoms with Crippen LogP contribution in [0.25, 0.3) is 0 Å². The van der Waals surface area contributed by atoms with Gasteiger partial charge < -0.3 is 5.73 Å². The largest absolute Gasteiger partial charge is 0.329 e. The third kappa shape index (κ3) is 3.50. The van der Waals surface area contributed by atoms with E-state index in [0.29, 0.717) is 32.7 Å². The van der Waals surface area contributed by atoms with Crippen LogP contribution in [0.5, 0.6) is 0 Å². The molecule has 0 bridgehead atoms. The van der Waals surface area contributed by atoms with E-state index in [1.807, 2.05) is 18.3 Å². The highest BCUT2D eigenvalue weighted by molar-refractivity contribution is 7.88. The third-order valence-electron chi connectivity index (χ3n) is 3.48. The van der Waals surface area contributed by atoms with Gasteiger partial charge in [-0.3, -0.25) is 9.88 Å². The molecule has 2 N–H and O–H groups in total. The number of nitrogens with zero attached hydrogens (tertiary/aromatic N) is 3. The fourth-order valence-electron chi connectivity index (χ4n) is 2.42. The normalized spacial score (nSPS) is 20.3. The van der Waals surface area contributed by atoms with Crippen molar-refractivity contribution in [2.75, 3.05) is 39.0 Å². The van der Waals surface area contributed by atoms with E-state index in [0.717, 1.165) is 5.56 Å². The molecule has 1 atom stereocenters. The molecule has 6 nitrogen and oxygen atoms in total. The van der Waals surface area contributed by atoms with Crippen molar-refractivity contribution in [2.45, 2.75) is 6.04 Å². The van der Waals surface area contributed by atoms with Gasteiger partial charge in [-0.05, 0) is 11.6 Å². The van der Waals surface area contributed by atoms with Gasteiger partial charge >= 0.3 is 0 Å². The number of hydrogen-bond donors (Lipinski definition) is 1. The Bertz CT molecular complexity index is 498. The van der Waals surface area contributed by atoms with E-state index < -0.39 is 10.0 Å². The monoisotopic (exact) mass is 284 g/mol. The Morgan fingerprint density at radius 2 is 2.05 bits per heavy atom. The number of rotatable bonds is 4. The number of piperazine rings is 1. The van der Waals surface area contributed by atoms with Crippen LogP contribution in [0.4, 0.5) is 0 Å². The Morgan fingerprint density at radius 3 is 2.53 bits per heavy atom. The van der Waals surface area contributed by atoms with Crippen LogP contribution in [-0.2, 0) is 10.0 Å². The zero-order chi connectivity index (χ0) is 13.9. The van der Waals surface area contributed by atoms with Crippen molar-refractivity contribution in [3.8, 4) is 0 Å². The fourth-order valence-corrected chi connectivity index (χ4v) is 3.24. The summed E-state index contributed by atoms with van der Waals surface area (Å²) in [7, 11) is -3.08. The Hall–Kier alpha value is -1.02. The molecule has 7 heteroatoms. The maximum absolute atomic E-state index is 11.5. The van der Waals surface area contributed by atoms with Crippen LogP contribution in [-0.4, -0.2) is 61.6 Å². The lowest BCUT2D eigenvalue weighted by Crippen LogP contribution is -2.50. The van der Waals surface area contributed by atoms with E-state index in [9.17, 15) is 8.42 Å². The van der Waals surface area contributed by atoms with Gasteiger partial charge in [0, 0.05) is 51.2 Å². The van der Waals surface area contributed by atoms with E-state index in [1.54, 1.807) is 6.20 Å². The molecule has 106 valence electrons. The predicted molar refractivity (Wildman–Crippen MR) is 74.0 cm³/mol. The third-order valence-corrected chi connectivity index (χ3v) is 4.78. The van der Waals surface area contributed by atoms with E-state index in [1.165, 1.54) is 10.6 Å². The average molecular weight is 284 g/mol. The van der Waals surface area contributed by atoms with Crippen LogP contribution >= 0.6 is 0 Å². The molecule has 19 heavy (non-hydrogen) atoms. The Labute approximate surface area is 114 Å². The van der Waals surface area contributed by atoms with Crippen molar-refractivity contribution < 1.29 is 8.42 Å². The molecule has 0 amide bonds. The van der Waals surface area contributed by atoms with Crippen molar-refractivity contribution >= 4 is 10.0 Å². The smallest absolute Gasteiger partial charge is 0.211 e. The molecule has 0 saturated carbocycles. The van der Waals surface area contributed by atoms with Gasteiger partial charge in [-0.25, -0.2) is 8.42 Å². The topological polar surface area (TPSA) is 79.5 Å². The summed E-state index contributed by atoms with van der Waals surface area (Å²) < 4.78 is 24.5. The Morgan fingerprint density at radius 1 is 1.37 bits per heavy atom. The van der Waals surface area contributed by atoms with Gasteiger partial charge in [0.1, 0.15) is 0 Å². The molecule has 0 aliphatic carbocycles. The first-order valence-electron chi connectivity index (χ1n) is 6.31. The number of hydrogen-bond acceptors (Lipinski definition) is 5. The lowest BCUT2D eigenvalue weighted by Gasteiger charge is -2.37. The zero-order valence-electron chi connectivity index (χ0n) is 11.1. The number of aromatic nitrogens is 1. The fraction of sp³-hybridized carbons (Fsp3) is 0.583. The lowest BCUT2D eigenvalue weighted by atomic mass is 10.1. The predicted octanol–water partition coefficient (Wildman–Crippen LogP) is -0.341. The lowest BCUT2D eigenvalue weighted by molar-refractivity contribution is 0.140. The summed E-state index contributed by atoms with van der Waals surface area (Å²) in [6.07, 6.45) is 4.81. The van der Waals surface area contributed by atoms with Crippen molar-refractivity contribution in [2.24, 2.45) is 5.73 Å². The van der Waals surface area contributed by atoms with Crippen molar-refractivity contribution in [3.63, 3.8) is 0 Å². The summed E-state index contributed by atoms with van der Waals surface area (Å²) in [4.78, 5) is 6.33. The van der Waals surface area contributed by atoms with Gasteiger partial charge in [0.2, 0.25) is 10.0 Å². The van der Waals surface area contributed by atoms with Gasteiger partial charge in [0.05, 0.1) is 6.26 Å². The quantitative estimate of drug-likeness (QED) is 0.818.